The van der Waals surface area contributed by atoms with Crippen molar-refractivity contribution in [2.24, 2.45) is 0 Å². The second-order valence-corrected chi connectivity index (χ2v) is 6.77. The molecule has 3 aromatic rings. The minimum Gasteiger partial charge on any atom is -0.490 e. The zero-order chi connectivity index (χ0) is 21.2. The molecule has 0 aromatic heterocycles. The Labute approximate surface area is 176 Å². The highest BCUT2D eigenvalue weighted by molar-refractivity contribution is 5.79. The predicted octanol–water partition coefficient (Wildman–Crippen LogP) is 4.38. The minimum atomic E-state index is -0.235. The first kappa shape index (κ1) is 21.1. The van der Waals surface area contributed by atoms with Crippen molar-refractivity contribution in [2.75, 3.05) is 13.2 Å². The Morgan fingerprint density at radius 3 is 2.30 bits per heavy atom. The molecule has 0 aliphatic rings. The van der Waals surface area contributed by atoms with Gasteiger partial charge >= 0.3 is 0 Å². The minimum absolute atomic E-state index is 0.154. The van der Waals surface area contributed by atoms with E-state index in [-0.39, 0.29) is 18.6 Å². The fraction of sp³-hybridized carbons (Fsp3) is 0.200. The number of carbonyl (C=O) groups excluding carboxylic acids is 2. The number of hydrogen-bond acceptors (Lipinski definition) is 4. The maximum absolute atomic E-state index is 12.6. The fourth-order valence-corrected chi connectivity index (χ4v) is 3.15. The average Bonchev–Trinajstić information content (AvgIpc) is 2.79. The molecule has 0 aliphatic carbocycles. The third kappa shape index (κ3) is 5.95. The third-order valence-electron chi connectivity index (χ3n) is 4.58. The average molecular weight is 403 g/mol. The van der Waals surface area contributed by atoms with Crippen LogP contribution in [0.4, 0.5) is 0 Å². The summed E-state index contributed by atoms with van der Waals surface area (Å²) in [4.78, 5) is 23.6. The van der Waals surface area contributed by atoms with Gasteiger partial charge in [0.05, 0.1) is 12.6 Å². The molecule has 154 valence electrons. The van der Waals surface area contributed by atoms with Gasteiger partial charge in [0.15, 0.2) is 18.1 Å². The molecular weight excluding hydrogens is 378 g/mol. The number of rotatable bonds is 10. The number of amides is 1. The van der Waals surface area contributed by atoms with Crippen LogP contribution in [0.25, 0.3) is 0 Å². The van der Waals surface area contributed by atoms with Crippen LogP contribution in [0.1, 0.15) is 34.5 Å². The van der Waals surface area contributed by atoms with Crippen molar-refractivity contribution in [1.29, 1.82) is 0 Å². The highest BCUT2D eigenvalue weighted by atomic mass is 16.5. The molecule has 0 radical (unpaired) electrons. The smallest absolute Gasteiger partial charge is 0.258 e. The van der Waals surface area contributed by atoms with E-state index in [1.54, 1.807) is 18.2 Å². The number of ether oxygens (including phenoxy) is 2. The van der Waals surface area contributed by atoms with Crippen molar-refractivity contribution >= 4 is 12.2 Å². The zero-order valence-corrected chi connectivity index (χ0v) is 16.9. The summed E-state index contributed by atoms with van der Waals surface area (Å²) in [5.41, 5.74) is 2.65. The summed E-state index contributed by atoms with van der Waals surface area (Å²) in [5.74, 6) is 0.636. The Kier molecular flexibility index (Phi) is 7.61. The first-order valence-electron chi connectivity index (χ1n) is 9.92. The fourth-order valence-electron chi connectivity index (χ4n) is 3.15. The zero-order valence-electron chi connectivity index (χ0n) is 16.9. The van der Waals surface area contributed by atoms with Gasteiger partial charge in [-0.15, -0.1) is 0 Å². The summed E-state index contributed by atoms with van der Waals surface area (Å²) in [6.45, 7) is 2.12. The molecule has 0 heterocycles. The Bertz CT molecular complexity index is 957. The Hall–Kier alpha value is -3.60. The Morgan fingerprint density at radius 1 is 0.933 bits per heavy atom. The Balaban J connectivity index is 1.68. The topological polar surface area (TPSA) is 64.6 Å². The molecule has 3 rings (SSSR count). The third-order valence-corrected chi connectivity index (χ3v) is 4.58. The van der Waals surface area contributed by atoms with E-state index in [0.717, 1.165) is 17.4 Å². The molecule has 0 aliphatic heterocycles. The van der Waals surface area contributed by atoms with Gasteiger partial charge in [-0.1, -0.05) is 60.7 Å². The Morgan fingerprint density at radius 2 is 1.63 bits per heavy atom. The summed E-state index contributed by atoms with van der Waals surface area (Å²) < 4.78 is 11.2. The van der Waals surface area contributed by atoms with E-state index in [0.29, 0.717) is 30.1 Å². The van der Waals surface area contributed by atoms with Crippen LogP contribution < -0.4 is 14.8 Å². The highest BCUT2D eigenvalue weighted by Crippen LogP contribution is 2.28. The van der Waals surface area contributed by atoms with Crippen LogP contribution in [0.2, 0.25) is 0 Å². The van der Waals surface area contributed by atoms with Crippen LogP contribution in [-0.2, 0) is 11.2 Å². The summed E-state index contributed by atoms with van der Waals surface area (Å²) in [6.07, 6.45) is 1.42. The van der Waals surface area contributed by atoms with E-state index in [9.17, 15) is 9.59 Å². The largest absolute Gasteiger partial charge is 0.490 e. The maximum Gasteiger partial charge on any atom is 0.258 e. The summed E-state index contributed by atoms with van der Waals surface area (Å²) >= 11 is 0. The van der Waals surface area contributed by atoms with Gasteiger partial charge in [-0.2, -0.15) is 0 Å². The van der Waals surface area contributed by atoms with E-state index in [4.69, 9.17) is 9.47 Å². The van der Waals surface area contributed by atoms with Crippen molar-refractivity contribution < 1.29 is 19.1 Å². The standard InChI is InChI=1S/C25H25NO4/c1-2-29-24-16-20(17-27)13-14-23(24)30-18-25(28)26-22(21-11-7-4-8-12-21)15-19-9-5-3-6-10-19/h3-14,16-17,22H,2,15,18H2,1H3,(H,26,28)/t22-/m0/s1. The lowest BCUT2D eigenvalue weighted by molar-refractivity contribution is -0.123. The van der Waals surface area contributed by atoms with Gasteiger partial charge < -0.3 is 14.8 Å². The van der Waals surface area contributed by atoms with Gasteiger partial charge in [-0.25, -0.2) is 0 Å². The molecule has 0 unspecified atom stereocenters. The van der Waals surface area contributed by atoms with Crippen LogP contribution >= 0.6 is 0 Å². The van der Waals surface area contributed by atoms with E-state index in [1.807, 2.05) is 67.6 Å². The monoisotopic (exact) mass is 403 g/mol. The van der Waals surface area contributed by atoms with E-state index in [1.165, 1.54) is 0 Å². The SMILES string of the molecule is CCOc1cc(C=O)ccc1OCC(=O)N[C@@H](Cc1ccccc1)c1ccccc1. The number of hydrogen-bond donors (Lipinski definition) is 1. The van der Waals surface area contributed by atoms with E-state index < -0.39 is 0 Å². The molecule has 1 N–H and O–H groups in total. The van der Waals surface area contributed by atoms with Crippen molar-refractivity contribution in [3.63, 3.8) is 0 Å². The molecule has 3 aromatic carbocycles. The molecule has 5 heteroatoms. The number of benzene rings is 3. The van der Waals surface area contributed by atoms with Crippen LogP contribution in [-0.4, -0.2) is 25.4 Å². The summed E-state index contributed by atoms with van der Waals surface area (Å²) in [7, 11) is 0. The van der Waals surface area contributed by atoms with Crippen LogP contribution in [0, 0.1) is 0 Å². The second kappa shape index (κ2) is 10.8. The van der Waals surface area contributed by atoms with Gasteiger partial charge in [0, 0.05) is 5.56 Å². The van der Waals surface area contributed by atoms with Gasteiger partial charge in [0.1, 0.15) is 6.29 Å². The van der Waals surface area contributed by atoms with E-state index >= 15 is 0 Å². The molecule has 0 bridgehead atoms. The second-order valence-electron chi connectivity index (χ2n) is 6.77. The van der Waals surface area contributed by atoms with Gasteiger partial charge in [0.2, 0.25) is 0 Å². The predicted molar refractivity (Wildman–Crippen MR) is 116 cm³/mol. The van der Waals surface area contributed by atoms with Crippen LogP contribution in [0.15, 0.2) is 78.9 Å². The number of nitrogens with one attached hydrogen (secondary N) is 1. The summed E-state index contributed by atoms with van der Waals surface area (Å²) in [6, 6.07) is 24.6. The number of aldehydes is 1. The van der Waals surface area contributed by atoms with Crippen molar-refractivity contribution in [2.45, 2.75) is 19.4 Å². The molecule has 0 spiro atoms. The lowest BCUT2D eigenvalue weighted by Gasteiger charge is -2.20. The molecule has 0 saturated carbocycles. The lowest BCUT2D eigenvalue weighted by atomic mass is 9.99. The lowest BCUT2D eigenvalue weighted by Crippen LogP contribution is -2.33. The number of carbonyl (C=O) groups is 2. The molecule has 30 heavy (non-hydrogen) atoms. The molecule has 0 fully saturated rings. The quantitative estimate of drug-likeness (QED) is 0.511. The molecular formula is C25H25NO4. The van der Waals surface area contributed by atoms with E-state index in [2.05, 4.69) is 5.32 Å². The van der Waals surface area contributed by atoms with Crippen molar-refractivity contribution in [1.82, 2.24) is 5.32 Å². The van der Waals surface area contributed by atoms with Gasteiger partial charge in [0.25, 0.3) is 5.91 Å². The van der Waals surface area contributed by atoms with Crippen molar-refractivity contribution in [3.8, 4) is 11.5 Å². The normalized spacial score (nSPS) is 11.4. The summed E-state index contributed by atoms with van der Waals surface area (Å²) in [5, 5.41) is 3.07. The molecule has 1 atom stereocenters. The van der Waals surface area contributed by atoms with Gasteiger partial charge in [-0.05, 0) is 42.7 Å². The van der Waals surface area contributed by atoms with Crippen LogP contribution in [0.5, 0.6) is 11.5 Å². The highest BCUT2D eigenvalue weighted by Gasteiger charge is 2.16. The first-order valence-corrected chi connectivity index (χ1v) is 9.92. The maximum atomic E-state index is 12.6. The van der Waals surface area contributed by atoms with Crippen molar-refractivity contribution in [3.05, 3.63) is 95.6 Å². The molecule has 0 saturated heterocycles. The molecule has 5 nitrogen and oxygen atoms in total. The molecule has 1 amide bonds. The van der Waals surface area contributed by atoms with Gasteiger partial charge in [-0.3, -0.25) is 9.59 Å². The first-order chi connectivity index (χ1) is 14.7. The van der Waals surface area contributed by atoms with Crippen LogP contribution in [0.3, 0.4) is 0 Å².